The van der Waals surface area contributed by atoms with Crippen LogP contribution in [0.5, 0.6) is 0 Å². The molecule has 0 aliphatic rings. The van der Waals surface area contributed by atoms with Crippen molar-refractivity contribution in [2.75, 3.05) is 0 Å². The second kappa shape index (κ2) is 7.34. The predicted octanol–water partition coefficient (Wildman–Crippen LogP) is 9.03. The standard InChI is InChI=1S/C34H22N2/c1-3-11-24(12-4-1)35-31-18-10-8-16-27(31)34-28-22-29-26-15-7-9-17-30(26)36(25-13-5-2-6-14-25)33(29)21-23(28)19-20-32(34)35/h1-22H. The summed E-state index contributed by atoms with van der Waals surface area (Å²) < 4.78 is 4.78. The SMILES string of the molecule is c1ccc(-n2c3ccccc3c3cc4c(ccc5c4c4ccccc4n5-c4ccccc4)cc32)cc1. The summed E-state index contributed by atoms with van der Waals surface area (Å²) in [5.74, 6) is 0. The first-order chi connectivity index (χ1) is 17.9. The molecule has 0 aliphatic heterocycles. The largest absolute Gasteiger partial charge is 0.309 e. The van der Waals surface area contributed by atoms with Gasteiger partial charge in [-0.05, 0) is 65.4 Å². The van der Waals surface area contributed by atoms with Gasteiger partial charge in [0.1, 0.15) is 0 Å². The Morgan fingerprint density at radius 1 is 0.333 bits per heavy atom. The van der Waals surface area contributed by atoms with Gasteiger partial charge in [-0.25, -0.2) is 0 Å². The maximum absolute atomic E-state index is 2.41. The number of hydrogen-bond acceptors (Lipinski definition) is 0. The molecule has 0 atom stereocenters. The molecular weight excluding hydrogens is 436 g/mol. The highest BCUT2D eigenvalue weighted by Gasteiger charge is 2.17. The Morgan fingerprint density at radius 3 is 1.58 bits per heavy atom. The molecule has 0 saturated heterocycles. The minimum Gasteiger partial charge on any atom is -0.309 e. The molecule has 2 heteroatoms. The minimum absolute atomic E-state index is 1.19. The van der Waals surface area contributed by atoms with Crippen LogP contribution in [0.25, 0.3) is 65.8 Å². The van der Waals surface area contributed by atoms with Crippen LogP contribution in [0.3, 0.4) is 0 Å². The maximum Gasteiger partial charge on any atom is 0.0547 e. The van der Waals surface area contributed by atoms with Crippen LogP contribution in [0.1, 0.15) is 0 Å². The summed E-state index contributed by atoms with van der Waals surface area (Å²) in [5.41, 5.74) is 7.31. The fourth-order valence-electron chi connectivity index (χ4n) is 5.97. The van der Waals surface area contributed by atoms with Crippen molar-refractivity contribution < 1.29 is 0 Å². The molecule has 0 spiro atoms. The van der Waals surface area contributed by atoms with Crippen molar-refractivity contribution in [2.45, 2.75) is 0 Å². The van der Waals surface area contributed by atoms with Crippen molar-refractivity contribution >= 4 is 54.4 Å². The fraction of sp³-hybridized carbons (Fsp3) is 0. The van der Waals surface area contributed by atoms with Crippen LogP contribution < -0.4 is 0 Å². The molecule has 0 bridgehead atoms. The summed E-state index contributed by atoms with van der Waals surface area (Å²) in [6.45, 7) is 0. The van der Waals surface area contributed by atoms with Gasteiger partial charge in [0.25, 0.3) is 0 Å². The van der Waals surface area contributed by atoms with Gasteiger partial charge < -0.3 is 9.13 Å². The van der Waals surface area contributed by atoms with Crippen molar-refractivity contribution in [3.05, 3.63) is 133 Å². The molecule has 8 rings (SSSR count). The van der Waals surface area contributed by atoms with Gasteiger partial charge in [-0.15, -0.1) is 0 Å². The third-order valence-electron chi connectivity index (χ3n) is 7.47. The number of nitrogens with zero attached hydrogens (tertiary/aromatic N) is 2. The molecule has 0 amide bonds. The first-order valence-corrected chi connectivity index (χ1v) is 12.4. The zero-order valence-electron chi connectivity index (χ0n) is 19.6. The fourth-order valence-corrected chi connectivity index (χ4v) is 5.97. The Kier molecular flexibility index (Phi) is 3.97. The van der Waals surface area contributed by atoms with Gasteiger partial charge in [0.2, 0.25) is 0 Å². The van der Waals surface area contributed by atoms with Gasteiger partial charge in [0, 0.05) is 32.9 Å². The van der Waals surface area contributed by atoms with Crippen LogP contribution in [-0.2, 0) is 0 Å². The van der Waals surface area contributed by atoms with E-state index in [4.69, 9.17) is 0 Å². The van der Waals surface area contributed by atoms with E-state index in [1.807, 2.05) is 0 Å². The molecule has 0 unspecified atom stereocenters. The normalized spacial score (nSPS) is 11.9. The molecule has 2 nitrogen and oxygen atoms in total. The first-order valence-electron chi connectivity index (χ1n) is 12.4. The Bertz CT molecular complexity index is 2040. The number of rotatable bonds is 2. The number of fused-ring (bicyclic) bond motifs is 8. The van der Waals surface area contributed by atoms with E-state index in [-0.39, 0.29) is 0 Å². The van der Waals surface area contributed by atoms with E-state index in [2.05, 4.69) is 143 Å². The molecule has 0 radical (unpaired) electrons. The van der Waals surface area contributed by atoms with Gasteiger partial charge in [-0.2, -0.15) is 0 Å². The molecule has 168 valence electrons. The zero-order valence-corrected chi connectivity index (χ0v) is 19.6. The van der Waals surface area contributed by atoms with Gasteiger partial charge in [-0.3, -0.25) is 0 Å². The monoisotopic (exact) mass is 458 g/mol. The summed E-state index contributed by atoms with van der Waals surface area (Å²) in [7, 11) is 0. The van der Waals surface area contributed by atoms with Crippen LogP contribution in [0.15, 0.2) is 133 Å². The average Bonchev–Trinajstić information content (AvgIpc) is 3.45. The minimum atomic E-state index is 1.19. The highest BCUT2D eigenvalue weighted by Crippen LogP contribution is 2.40. The van der Waals surface area contributed by atoms with E-state index in [1.54, 1.807) is 0 Å². The van der Waals surface area contributed by atoms with E-state index >= 15 is 0 Å². The van der Waals surface area contributed by atoms with E-state index in [9.17, 15) is 0 Å². The number of hydrogen-bond donors (Lipinski definition) is 0. The summed E-state index contributed by atoms with van der Waals surface area (Å²) in [6, 6.07) is 48.2. The number of para-hydroxylation sites is 4. The number of aromatic nitrogens is 2. The molecule has 36 heavy (non-hydrogen) atoms. The maximum atomic E-state index is 2.41. The molecule has 2 aromatic heterocycles. The number of benzene rings is 6. The van der Waals surface area contributed by atoms with Crippen LogP contribution in [-0.4, -0.2) is 9.13 Å². The third kappa shape index (κ3) is 2.61. The molecule has 6 aromatic carbocycles. The van der Waals surface area contributed by atoms with Gasteiger partial charge in [0.05, 0.1) is 22.1 Å². The van der Waals surface area contributed by atoms with E-state index in [1.165, 1.54) is 65.8 Å². The molecule has 2 heterocycles. The van der Waals surface area contributed by atoms with Crippen LogP contribution >= 0.6 is 0 Å². The van der Waals surface area contributed by atoms with Crippen molar-refractivity contribution in [3.63, 3.8) is 0 Å². The Morgan fingerprint density at radius 2 is 0.889 bits per heavy atom. The second-order valence-corrected chi connectivity index (χ2v) is 9.43. The summed E-state index contributed by atoms with van der Waals surface area (Å²) in [6.07, 6.45) is 0. The highest BCUT2D eigenvalue weighted by atomic mass is 15.0. The summed E-state index contributed by atoms with van der Waals surface area (Å²) >= 11 is 0. The molecule has 8 aromatic rings. The predicted molar refractivity (Wildman–Crippen MR) is 153 cm³/mol. The molecule has 0 N–H and O–H groups in total. The summed E-state index contributed by atoms with van der Waals surface area (Å²) in [4.78, 5) is 0. The smallest absolute Gasteiger partial charge is 0.0547 e. The van der Waals surface area contributed by atoms with Crippen LogP contribution in [0.4, 0.5) is 0 Å². The van der Waals surface area contributed by atoms with Crippen LogP contribution in [0, 0.1) is 0 Å². The Balaban J connectivity index is 1.56. The topological polar surface area (TPSA) is 9.86 Å². The van der Waals surface area contributed by atoms with Crippen molar-refractivity contribution in [1.82, 2.24) is 9.13 Å². The Hall–Kier alpha value is -4.82. The Labute approximate surface area is 208 Å². The van der Waals surface area contributed by atoms with Crippen molar-refractivity contribution in [3.8, 4) is 11.4 Å². The van der Waals surface area contributed by atoms with Gasteiger partial charge >= 0.3 is 0 Å². The quantitative estimate of drug-likeness (QED) is 0.244. The lowest BCUT2D eigenvalue weighted by Gasteiger charge is -2.09. The van der Waals surface area contributed by atoms with Gasteiger partial charge in [0.15, 0.2) is 0 Å². The van der Waals surface area contributed by atoms with Crippen molar-refractivity contribution in [1.29, 1.82) is 0 Å². The lowest BCUT2D eigenvalue weighted by atomic mass is 10.0. The molecule has 0 aliphatic carbocycles. The van der Waals surface area contributed by atoms with Gasteiger partial charge in [-0.1, -0.05) is 78.9 Å². The van der Waals surface area contributed by atoms with E-state index in [0.717, 1.165) is 0 Å². The first kappa shape index (κ1) is 19.5. The summed E-state index contributed by atoms with van der Waals surface area (Å²) in [5, 5.41) is 7.71. The molecular formula is C34H22N2. The molecule has 0 saturated carbocycles. The lowest BCUT2D eigenvalue weighted by molar-refractivity contribution is 1.18. The third-order valence-corrected chi connectivity index (χ3v) is 7.47. The average molecular weight is 459 g/mol. The zero-order chi connectivity index (χ0) is 23.6. The second-order valence-electron chi connectivity index (χ2n) is 9.43. The van der Waals surface area contributed by atoms with Crippen molar-refractivity contribution in [2.24, 2.45) is 0 Å². The van der Waals surface area contributed by atoms with E-state index in [0.29, 0.717) is 0 Å². The lowest BCUT2D eigenvalue weighted by Crippen LogP contribution is -1.93. The highest BCUT2D eigenvalue weighted by molar-refractivity contribution is 6.25. The van der Waals surface area contributed by atoms with Crippen LogP contribution in [0.2, 0.25) is 0 Å². The molecule has 0 fully saturated rings. The van der Waals surface area contributed by atoms with E-state index < -0.39 is 0 Å².